The lowest BCUT2D eigenvalue weighted by Crippen LogP contribution is -2.12. The average Bonchev–Trinajstić information content (AvgIpc) is 2.63. The Balaban J connectivity index is 2.10. The van der Waals surface area contributed by atoms with E-state index in [1.807, 2.05) is 6.07 Å². The Labute approximate surface area is 157 Å². The van der Waals surface area contributed by atoms with Gasteiger partial charge in [0.25, 0.3) is 11.2 Å². The number of nitro groups is 1. The number of nitrogens with one attached hydrogen (secondary N) is 1. The van der Waals surface area contributed by atoms with Crippen molar-refractivity contribution in [2.75, 3.05) is 0 Å². The van der Waals surface area contributed by atoms with Gasteiger partial charge in [0.2, 0.25) is 0 Å². The van der Waals surface area contributed by atoms with Crippen LogP contribution in [0.1, 0.15) is 11.3 Å². The number of aromatic nitrogens is 1. The number of aromatic amines is 1. The number of halogens is 1. The van der Waals surface area contributed by atoms with Gasteiger partial charge in [-0.15, -0.1) is 0 Å². The number of aryl methyl sites for hydroxylation is 1. The van der Waals surface area contributed by atoms with Crippen LogP contribution in [0.3, 0.4) is 0 Å². The molecule has 0 radical (unpaired) electrons. The summed E-state index contributed by atoms with van der Waals surface area (Å²) >= 11 is 1.13. The standard InChI is InChI=1S/C19H12FN3O3S/c1-11-8-15(16(10-21)19(24)22-11)12-2-7-18(17(9-12)23(25)26)27-14-5-3-13(20)4-6-14/h2-9H,1H3,(H,22,24). The van der Waals surface area contributed by atoms with E-state index in [9.17, 15) is 24.6 Å². The molecule has 1 aromatic heterocycles. The van der Waals surface area contributed by atoms with Crippen molar-refractivity contribution in [3.63, 3.8) is 0 Å². The largest absolute Gasteiger partial charge is 0.325 e. The van der Waals surface area contributed by atoms with E-state index in [4.69, 9.17) is 0 Å². The molecule has 0 bridgehead atoms. The SMILES string of the molecule is Cc1cc(-c2ccc(Sc3ccc(F)cc3)c([N+](=O)[O-])c2)c(C#N)c(=O)[nH]1. The second kappa shape index (κ2) is 7.43. The highest BCUT2D eigenvalue weighted by molar-refractivity contribution is 7.99. The second-order valence-corrected chi connectivity index (χ2v) is 6.79. The Kier molecular flexibility index (Phi) is 5.05. The highest BCUT2D eigenvalue weighted by Gasteiger charge is 2.19. The van der Waals surface area contributed by atoms with Gasteiger partial charge in [-0.2, -0.15) is 5.26 Å². The molecule has 0 aliphatic heterocycles. The molecule has 1 N–H and O–H groups in total. The van der Waals surface area contributed by atoms with E-state index in [0.29, 0.717) is 26.6 Å². The predicted octanol–water partition coefficient (Wildman–Crippen LogP) is 4.42. The molecular weight excluding hydrogens is 369 g/mol. The molecule has 134 valence electrons. The fourth-order valence-electron chi connectivity index (χ4n) is 2.57. The van der Waals surface area contributed by atoms with Crippen LogP contribution in [-0.4, -0.2) is 9.91 Å². The number of hydrogen-bond acceptors (Lipinski definition) is 5. The van der Waals surface area contributed by atoms with Crippen LogP contribution in [0.25, 0.3) is 11.1 Å². The highest BCUT2D eigenvalue weighted by atomic mass is 32.2. The van der Waals surface area contributed by atoms with Crippen molar-refractivity contribution in [1.29, 1.82) is 5.26 Å². The third-order valence-electron chi connectivity index (χ3n) is 3.79. The minimum Gasteiger partial charge on any atom is -0.325 e. The normalized spacial score (nSPS) is 10.4. The molecule has 0 spiro atoms. The van der Waals surface area contributed by atoms with Crippen LogP contribution in [0.15, 0.2) is 63.1 Å². The topological polar surface area (TPSA) is 99.8 Å². The number of rotatable bonds is 4. The van der Waals surface area contributed by atoms with Crippen LogP contribution in [0.4, 0.5) is 10.1 Å². The van der Waals surface area contributed by atoms with Gasteiger partial charge in [-0.3, -0.25) is 14.9 Å². The van der Waals surface area contributed by atoms with E-state index in [2.05, 4.69) is 4.98 Å². The Morgan fingerprint density at radius 1 is 1.19 bits per heavy atom. The van der Waals surface area contributed by atoms with Gasteiger partial charge in [0, 0.05) is 22.2 Å². The fraction of sp³-hybridized carbons (Fsp3) is 0.0526. The van der Waals surface area contributed by atoms with Crippen molar-refractivity contribution in [1.82, 2.24) is 4.98 Å². The number of pyridine rings is 1. The van der Waals surface area contributed by atoms with Gasteiger partial charge in [-0.25, -0.2) is 4.39 Å². The van der Waals surface area contributed by atoms with Crippen LogP contribution < -0.4 is 5.56 Å². The Morgan fingerprint density at radius 2 is 1.89 bits per heavy atom. The maximum Gasteiger partial charge on any atom is 0.283 e. The first-order valence-corrected chi connectivity index (χ1v) is 8.57. The second-order valence-electron chi connectivity index (χ2n) is 5.68. The molecule has 2 aromatic carbocycles. The summed E-state index contributed by atoms with van der Waals surface area (Å²) in [6.07, 6.45) is 0. The average molecular weight is 381 g/mol. The van der Waals surface area contributed by atoms with Crippen LogP contribution >= 0.6 is 11.8 Å². The van der Waals surface area contributed by atoms with Crippen molar-refractivity contribution in [2.45, 2.75) is 16.7 Å². The molecule has 6 nitrogen and oxygen atoms in total. The van der Waals surface area contributed by atoms with Crippen molar-refractivity contribution in [2.24, 2.45) is 0 Å². The molecule has 0 unspecified atom stereocenters. The molecule has 0 fully saturated rings. The summed E-state index contributed by atoms with van der Waals surface area (Å²) in [7, 11) is 0. The zero-order valence-corrected chi connectivity index (χ0v) is 14.8. The number of nitro benzene ring substituents is 1. The van der Waals surface area contributed by atoms with Crippen molar-refractivity contribution >= 4 is 17.4 Å². The summed E-state index contributed by atoms with van der Waals surface area (Å²) in [4.78, 5) is 26.5. The molecule has 8 heteroatoms. The third-order valence-corrected chi connectivity index (χ3v) is 4.86. The number of benzene rings is 2. The van der Waals surface area contributed by atoms with Crippen molar-refractivity contribution in [3.05, 3.63) is 86.1 Å². The summed E-state index contributed by atoms with van der Waals surface area (Å²) < 4.78 is 13.0. The lowest BCUT2D eigenvalue weighted by atomic mass is 10.0. The predicted molar refractivity (Wildman–Crippen MR) is 99.1 cm³/mol. The molecule has 0 saturated heterocycles. The molecule has 0 aliphatic rings. The lowest BCUT2D eigenvalue weighted by Gasteiger charge is -2.08. The zero-order valence-electron chi connectivity index (χ0n) is 14.0. The van der Waals surface area contributed by atoms with Crippen LogP contribution in [0.2, 0.25) is 0 Å². The molecule has 0 amide bonds. The van der Waals surface area contributed by atoms with Gasteiger partial charge in [0.1, 0.15) is 17.4 Å². The van der Waals surface area contributed by atoms with Crippen molar-refractivity contribution in [3.8, 4) is 17.2 Å². The van der Waals surface area contributed by atoms with E-state index in [-0.39, 0.29) is 11.3 Å². The molecule has 0 aliphatic carbocycles. The lowest BCUT2D eigenvalue weighted by molar-refractivity contribution is -0.387. The van der Waals surface area contributed by atoms with Crippen molar-refractivity contribution < 1.29 is 9.31 Å². The highest BCUT2D eigenvalue weighted by Crippen LogP contribution is 2.37. The van der Waals surface area contributed by atoms with Gasteiger partial charge >= 0.3 is 0 Å². The molecular formula is C19H12FN3O3S. The first-order valence-electron chi connectivity index (χ1n) is 7.75. The van der Waals surface area contributed by atoms with Gasteiger partial charge in [-0.1, -0.05) is 17.8 Å². The van der Waals surface area contributed by atoms with E-state index in [1.54, 1.807) is 25.1 Å². The van der Waals surface area contributed by atoms with Gasteiger partial charge in [0.15, 0.2) is 0 Å². The first-order chi connectivity index (χ1) is 12.9. The summed E-state index contributed by atoms with van der Waals surface area (Å²) in [6, 6.07) is 13.6. The zero-order chi connectivity index (χ0) is 19.6. The quantitative estimate of drug-likeness (QED) is 0.533. The van der Waals surface area contributed by atoms with E-state index in [0.717, 1.165) is 11.8 Å². The summed E-state index contributed by atoms with van der Waals surface area (Å²) in [6.45, 7) is 1.67. The number of hydrogen-bond donors (Lipinski definition) is 1. The summed E-state index contributed by atoms with van der Waals surface area (Å²) in [5.41, 5.74) is 0.468. The van der Waals surface area contributed by atoms with Crippen LogP contribution in [-0.2, 0) is 0 Å². The summed E-state index contributed by atoms with van der Waals surface area (Å²) in [5.74, 6) is -0.391. The van der Waals surface area contributed by atoms with E-state index in [1.165, 1.54) is 30.3 Å². The molecule has 0 saturated carbocycles. The number of nitriles is 1. The molecule has 1 heterocycles. The third kappa shape index (κ3) is 3.88. The first kappa shape index (κ1) is 18.4. The molecule has 0 atom stereocenters. The Bertz CT molecular complexity index is 1130. The maximum absolute atomic E-state index is 13.0. The Hall–Kier alpha value is -3.44. The fourth-order valence-corrected chi connectivity index (χ4v) is 3.47. The van der Waals surface area contributed by atoms with Gasteiger partial charge in [-0.05, 0) is 48.9 Å². The molecule has 27 heavy (non-hydrogen) atoms. The monoisotopic (exact) mass is 381 g/mol. The number of nitrogens with zero attached hydrogens (tertiary/aromatic N) is 2. The van der Waals surface area contributed by atoms with E-state index >= 15 is 0 Å². The Morgan fingerprint density at radius 3 is 2.52 bits per heavy atom. The van der Waals surface area contributed by atoms with Gasteiger partial charge < -0.3 is 4.98 Å². The number of H-pyrrole nitrogens is 1. The van der Waals surface area contributed by atoms with Crippen LogP contribution in [0, 0.1) is 34.2 Å². The molecule has 3 rings (SSSR count). The minimum absolute atomic E-state index is 0.103. The summed E-state index contributed by atoms with van der Waals surface area (Å²) in [5, 5.41) is 20.8. The molecule has 3 aromatic rings. The minimum atomic E-state index is -0.542. The smallest absolute Gasteiger partial charge is 0.283 e. The van der Waals surface area contributed by atoms with Gasteiger partial charge in [0.05, 0.1) is 9.82 Å². The van der Waals surface area contributed by atoms with Crippen LogP contribution in [0.5, 0.6) is 0 Å². The van der Waals surface area contributed by atoms with E-state index < -0.39 is 16.3 Å². The maximum atomic E-state index is 13.0.